The van der Waals surface area contributed by atoms with Gasteiger partial charge in [0.25, 0.3) is 0 Å². The molecule has 11 nitrogen and oxygen atoms in total. The Kier molecular flexibility index (Phi) is 13.7. The van der Waals surface area contributed by atoms with E-state index in [0.717, 1.165) is 11.1 Å². The second-order valence-corrected chi connectivity index (χ2v) is 8.50. The molecule has 0 fully saturated rings. The lowest BCUT2D eigenvalue weighted by atomic mass is 9.75. The van der Waals surface area contributed by atoms with Crippen LogP contribution in [-0.4, -0.2) is 58.8 Å². The molecule has 0 aliphatic carbocycles. The molecule has 0 saturated heterocycles. The highest BCUT2D eigenvalue weighted by molar-refractivity contribution is 5.95. The van der Waals surface area contributed by atoms with E-state index in [1.165, 1.54) is 0 Å². The minimum Gasteiger partial charge on any atom is -0.475 e. The molecule has 0 heterocycles. The molecule has 2 rings (SSSR count). The summed E-state index contributed by atoms with van der Waals surface area (Å²) < 4.78 is 68.8. The van der Waals surface area contributed by atoms with Crippen molar-refractivity contribution in [2.24, 2.45) is 17.2 Å². The quantitative estimate of drug-likeness (QED) is 0.101. The second kappa shape index (κ2) is 15.4. The summed E-state index contributed by atoms with van der Waals surface area (Å²) in [5.74, 6) is -5.96. The van der Waals surface area contributed by atoms with Crippen LogP contribution in [0.5, 0.6) is 0 Å². The second-order valence-electron chi connectivity index (χ2n) is 8.50. The number of aliphatic carboxylic acids is 2. The van der Waals surface area contributed by atoms with E-state index in [0.29, 0.717) is 17.5 Å². The number of carbonyl (C=O) groups is 3. The van der Waals surface area contributed by atoms with Crippen molar-refractivity contribution < 1.29 is 55.7 Å². The van der Waals surface area contributed by atoms with Crippen LogP contribution < -0.4 is 17.2 Å². The number of carboxylic acid groups (broad SMARTS) is 2. The number of alkyl halides is 6. The van der Waals surface area contributed by atoms with E-state index in [1.807, 2.05) is 6.07 Å². The Morgan fingerprint density at radius 2 is 1.29 bits per heavy atom. The zero-order valence-electron chi connectivity index (χ0n) is 22.1. The predicted molar refractivity (Wildman–Crippen MR) is 138 cm³/mol. The summed E-state index contributed by atoms with van der Waals surface area (Å²) in [5, 5.41) is 29.4. The molecule has 17 heteroatoms. The van der Waals surface area contributed by atoms with Gasteiger partial charge < -0.3 is 32.2 Å². The first-order chi connectivity index (χ1) is 19.1. The predicted octanol–water partition coefficient (Wildman–Crippen LogP) is 3.43. The Hall–Kier alpha value is -4.67. The van der Waals surface area contributed by atoms with Gasteiger partial charge in [-0.3, -0.25) is 15.6 Å². The number of amidine groups is 2. The number of halogens is 6. The van der Waals surface area contributed by atoms with Gasteiger partial charge in [-0.15, -0.1) is 0 Å². The van der Waals surface area contributed by atoms with Crippen molar-refractivity contribution in [3.05, 3.63) is 70.8 Å². The summed E-state index contributed by atoms with van der Waals surface area (Å²) in [5.41, 5.74) is 19.2. The van der Waals surface area contributed by atoms with Gasteiger partial charge in [-0.2, -0.15) is 26.3 Å². The van der Waals surface area contributed by atoms with Crippen LogP contribution >= 0.6 is 0 Å². The number of nitrogens with one attached hydrogen (secondary N) is 2. The van der Waals surface area contributed by atoms with Crippen molar-refractivity contribution in [1.82, 2.24) is 0 Å². The fourth-order valence-electron chi connectivity index (χ4n) is 3.12. The summed E-state index contributed by atoms with van der Waals surface area (Å²) in [4.78, 5) is 30.6. The number of esters is 1. The average molecular weight is 610 g/mol. The van der Waals surface area contributed by atoms with Gasteiger partial charge in [0.15, 0.2) is 0 Å². The van der Waals surface area contributed by atoms with Crippen molar-refractivity contribution in [1.29, 1.82) is 10.8 Å². The van der Waals surface area contributed by atoms with E-state index in [2.05, 4.69) is 0 Å². The third-order valence-electron chi connectivity index (χ3n) is 5.30. The van der Waals surface area contributed by atoms with Crippen LogP contribution in [0, 0.1) is 10.8 Å². The van der Waals surface area contributed by atoms with E-state index in [4.69, 9.17) is 52.6 Å². The van der Waals surface area contributed by atoms with Crippen molar-refractivity contribution in [2.75, 3.05) is 6.61 Å². The molecule has 2 atom stereocenters. The average Bonchev–Trinajstić information content (AvgIpc) is 2.88. The van der Waals surface area contributed by atoms with Crippen LogP contribution in [0.15, 0.2) is 48.5 Å². The SMILES string of the molecule is CCOC(=O)C(C)(CC(N)c1cccc(C(=N)N)c1)c1ccc(C(=N)N)cc1.O=C(O)C(F)(F)F.O=C(O)C(F)(F)F. The van der Waals surface area contributed by atoms with Gasteiger partial charge in [0.1, 0.15) is 11.7 Å². The lowest BCUT2D eigenvalue weighted by molar-refractivity contribution is -0.193. The molecule has 2 unspecified atom stereocenters. The van der Waals surface area contributed by atoms with Gasteiger partial charge in [-0.05, 0) is 37.5 Å². The molecule has 42 heavy (non-hydrogen) atoms. The van der Waals surface area contributed by atoms with Crippen LogP contribution in [0.25, 0.3) is 0 Å². The van der Waals surface area contributed by atoms with Crippen molar-refractivity contribution in [2.45, 2.75) is 44.1 Å². The van der Waals surface area contributed by atoms with Crippen molar-refractivity contribution in [3.8, 4) is 0 Å². The first-order valence-electron chi connectivity index (χ1n) is 11.5. The topological polar surface area (TPSA) is 227 Å². The van der Waals surface area contributed by atoms with E-state index in [1.54, 1.807) is 56.3 Å². The van der Waals surface area contributed by atoms with Gasteiger partial charge in [0, 0.05) is 17.2 Å². The largest absolute Gasteiger partial charge is 0.490 e. The van der Waals surface area contributed by atoms with Crippen LogP contribution in [0.2, 0.25) is 0 Å². The number of nitrogen functional groups attached to an aromatic ring is 2. The number of ether oxygens (including phenoxy) is 1. The minimum absolute atomic E-state index is 0.0397. The van der Waals surface area contributed by atoms with E-state index < -0.39 is 35.7 Å². The van der Waals surface area contributed by atoms with Gasteiger partial charge in [-0.25, -0.2) is 9.59 Å². The van der Waals surface area contributed by atoms with Crippen LogP contribution in [-0.2, 0) is 24.5 Å². The van der Waals surface area contributed by atoms with Crippen LogP contribution in [0.4, 0.5) is 26.3 Å². The molecule has 0 aromatic heterocycles. The first kappa shape index (κ1) is 37.3. The summed E-state index contributed by atoms with van der Waals surface area (Å²) in [6.45, 7) is 3.81. The van der Waals surface area contributed by atoms with Crippen molar-refractivity contribution >= 4 is 29.6 Å². The fourth-order valence-corrected chi connectivity index (χ4v) is 3.12. The molecule has 2 aromatic rings. The number of rotatable bonds is 8. The van der Waals surface area contributed by atoms with Gasteiger partial charge >= 0.3 is 30.3 Å². The molecule has 0 amide bonds. The normalized spacial score (nSPS) is 13.1. The van der Waals surface area contributed by atoms with E-state index in [-0.39, 0.29) is 24.2 Å². The Morgan fingerprint density at radius 3 is 1.64 bits per heavy atom. The summed E-state index contributed by atoms with van der Waals surface area (Å²) in [6.07, 6.45) is -9.87. The highest BCUT2D eigenvalue weighted by Gasteiger charge is 2.40. The Balaban J connectivity index is 0.000000990. The maximum atomic E-state index is 12.8. The van der Waals surface area contributed by atoms with Gasteiger partial charge in [0.05, 0.1) is 12.0 Å². The highest BCUT2D eigenvalue weighted by Crippen LogP contribution is 2.35. The maximum absolute atomic E-state index is 12.8. The Bertz CT molecular complexity index is 1240. The summed E-state index contributed by atoms with van der Waals surface area (Å²) in [6, 6.07) is 13.6. The zero-order chi connectivity index (χ0) is 33.1. The maximum Gasteiger partial charge on any atom is 0.490 e. The molecule has 10 N–H and O–H groups in total. The lowest BCUT2D eigenvalue weighted by Gasteiger charge is -2.31. The molecule has 0 aliphatic rings. The Labute approximate surface area is 235 Å². The lowest BCUT2D eigenvalue weighted by Crippen LogP contribution is -2.38. The zero-order valence-corrected chi connectivity index (χ0v) is 22.1. The van der Waals surface area contributed by atoms with E-state index >= 15 is 0 Å². The third kappa shape index (κ3) is 11.8. The standard InChI is InChI=1S/C21H27N5O2.2C2HF3O2/c1-3-28-20(27)21(2,16-9-7-13(8-10-16)18(23)24)12-17(22)14-5-4-6-15(11-14)19(25)26;2*3-2(4,5)1(6)7/h4-11,17H,3,12,22H2,1-2H3,(H3,23,24)(H3,25,26);2*(H,6,7). The monoisotopic (exact) mass is 609 g/mol. The molecular formula is C25H29F6N5O6. The van der Waals surface area contributed by atoms with Gasteiger partial charge in [-0.1, -0.05) is 42.5 Å². The number of carboxylic acids is 2. The van der Waals surface area contributed by atoms with Crippen LogP contribution in [0.1, 0.15) is 48.6 Å². The van der Waals surface area contributed by atoms with Crippen LogP contribution in [0.3, 0.4) is 0 Å². The minimum atomic E-state index is -5.08. The highest BCUT2D eigenvalue weighted by atomic mass is 19.4. The number of hydrogen-bond donors (Lipinski definition) is 7. The van der Waals surface area contributed by atoms with E-state index in [9.17, 15) is 31.1 Å². The molecule has 0 saturated carbocycles. The molecule has 0 radical (unpaired) electrons. The summed E-state index contributed by atoms with van der Waals surface area (Å²) >= 11 is 0. The molecular weight excluding hydrogens is 580 g/mol. The summed E-state index contributed by atoms with van der Waals surface area (Å²) in [7, 11) is 0. The molecule has 232 valence electrons. The molecule has 2 aromatic carbocycles. The first-order valence-corrected chi connectivity index (χ1v) is 11.5. The number of nitrogens with two attached hydrogens (primary N) is 3. The van der Waals surface area contributed by atoms with Crippen molar-refractivity contribution in [3.63, 3.8) is 0 Å². The molecule has 0 aliphatic heterocycles. The number of benzene rings is 2. The molecule has 0 bridgehead atoms. The number of hydrogen-bond acceptors (Lipinski definition) is 7. The van der Waals surface area contributed by atoms with Gasteiger partial charge in [0.2, 0.25) is 0 Å². The number of carbonyl (C=O) groups excluding carboxylic acids is 1. The Morgan fingerprint density at radius 1 is 0.857 bits per heavy atom. The fraction of sp³-hybridized carbons (Fsp3) is 0.320. The smallest absolute Gasteiger partial charge is 0.475 e. The third-order valence-corrected chi connectivity index (χ3v) is 5.30. The molecule has 0 spiro atoms.